The Balaban J connectivity index is 2.46. The highest BCUT2D eigenvalue weighted by Crippen LogP contribution is 2.36. The number of carboxylic acid groups (broad SMARTS) is 1. The van der Waals surface area contributed by atoms with Crippen LogP contribution < -0.4 is 9.64 Å². The average molecular weight is 251 g/mol. The van der Waals surface area contributed by atoms with Crippen LogP contribution >= 0.6 is 0 Å². The number of ether oxygens (including phenoxy) is 1. The summed E-state index contributed by atoms with van der Waals surface area (Å²) in [5.74, 6) is 0.306. The van der Waals surface area contributed by atoms with Crippen molar-refractivity contribution in [1.82, 2.24) is 9.97 Å². The molecule has 0 aromatic carbocycles. The molecule has 1 N–H and O–H groups in total. The van der Waals surface area contributed by atoms with Crippen LogP contribution in [0.3, 0.4) is 0 Å². The van der Waals surface area contributed by atoms with Gasteiger partial charge in [0.2, 0.25) is 5.88 Å². The zero-order chi connectivity index (χ0) is 13.3. The second-order valence-corrected chi connectivity index (χ2v) is 4.67. The molecule has 1 aliphatic rings. The number of aliphatic carboxylic acids is 1. The molecule has 2 heterocycles. The van der Waals surface area contributed by atoms with Crippen LogP contribution in [0.4, 0.5) is 5.82 Å². The zero-order valence-corrected chi connectivity index (χ0v) is 10.8. The third-order valence-corrected chi connectivity index (χ3v) is 3.56. The molecule has 98 valence electrons. The van der Waals surface area contributed by atoms with E-state index in [2.05, 4.69) is 9.97 Å². The van der Waals surface area contributed by atoms with Crippen molar-refractivity contribution in [3.05, 3.63) is 11.9 Å². The van der Waals surface area contributed by atoms with Crippen molar-refractivity contribution in [2.24, 2.45) is 0 Å². The number of carboxylic acids is 1. The molecular weight excluding hydrogens is 234 g/mol. The monoisotopic (exact) mass is 251 g/mol. The van der Waals surface area contributed by atoms with Gasteiger partial charge < -0.3 is 14.7 Å². The average Bonchev–Trinajstić information content (AvgIpc) is 2.73. The van der Waals surface area contributed by atoms with Crippen LogP contribution in [0, 0.1) is 6.92 Å². The van der Waals surface area contributed by atoms with E-state index in [0.717, 1.165) is 12.0 Å². The van der Waals surface area contributed by atoms with Crippen LogP contribution in [-0.2, 0) is 4.79 Å². The van der Waals surface area contributed by atoms with Gasteiger partial charge in [-0.3, -0.25) is 0 Å². The number of nitrogens with zero attached hydrogens (tertiary/aromatic N) is 3. The van der Waals surface area contributed by atoms with E-state index < -0.39 is 11.5 Å². The Morgan fingerprint density at radius 1 is 1.56 bits per heavy atom. The lowest BCUT2D eigenvalue weighted by atomic mass is 9.99. The summed E-state index contributed by atoms with van der Waals surface area (Å²) < 4.78 is 5.15. The van der Waals surface area contributed by atoms with Gasteiger partial charge in [0.1, 0.15) is 17.7 Å². The van der Waals surface area contributed by atoms with E-state index in [-0.39, 0.29) is 0 Å². The van der Waals surface area contributed by atoms with Crippen LogP contribution in [0.1, 0.15) is 25.3 Å². The molecule has 0 amide bonds. The van der Waals surface area contributed by atoms with Crippen LogP contribution in [0.2, 0.25) is 0 Å². The summed E-state index contributed by atoms with van der Waals surface area (Å²) in [5, 5.41) is 9.41. The predicted molar refractivity (Wildman–Crippen MR) is 65.9 cm³/mol. The summed E-state index contributed by atoms with van der Waals surface area (Å²) in [6.07, 6.45) is 2.87. The fraction of sp³-hybridized carbons (Fsp3) is 0.583. The standard InChI is InChI=1S/C12H17N3O3/c1-8-9(13-7-14-10(8)18-3)15-6-4-5-12(15,2)11(16)17/h7H,4-6H2,1-3H3,(H,16,17). The highest BCUT2D eigenvalue weighted by Gasteiger charge is 2.44. The highest BCUT2D eigenvalue weighted by atomic mass is 16.5. The van der Waals surface area contributed by atoms with Crippen molar-refractivity contribution in [3.63, 3.8) is 0 Å². The Hall–Kier alpha value is -1.85. The SMILES string of the molecule is COc1ncnc(N2CCCC2(C)C(=O)O)c1C. The van der Waals surface area contributed by atoms with Crippen LogP contribution in [0.15, 0.2) is 6.33 Å². The fourth-order valence-electron chi connectivity index (χ4n) is 2.43. The van der Waals surface area contributed by atoms with Gasteiger partial charge in [0.15, 0.2) is 0 Å². The van der Waals surface area contributed by atoms with Crippen molar-refractivity contribution in [3.8, 4) is 5.88 Å². The van der Waals surface area contributed by atoms with Gasteiger partial charge in [0.05, 0.1) is 12.7 Å². The quantitative estimate of drug-likeness (QED) is 0.871. The maximum atomic E-state index is 11.5. The summed E-state index contributed by atoms with van der Waals surface area (Å²) in [5.41, 5.74) is -0.126. The van der Waals surface area contributed by atoms with E-state index in [1.165, 1.54) is 6.33 Å². The minimum absolute atomic E-state index is 0.486. The number of carbonyl (C=O) groups is 1. The normalized spacial score (nSPS) is 23.2. The lowest BCUT2D eigenvalue weighted by Gasteiger charge is -2.33. The van der Waals surface area contributed by atoms with Crippen molar-refractivity contribution >= 4 is 11.8 Å². The van der Waals surface area contributed by atoms with Gasteiger partial charge >= 0.3 is 5.97 Å². The molecule has 0 saturated carbocycles. The van der Waals surface area contributed by atoms with E-state index >= 15 is 0 Å². The zero-order valence-electron chi connectivity index (χ0n) is 10.8. The maximum Gasteiger partial charge on any atom is 0.329 e. The molecule has 1 saturated heterocycles. The summed E-state index contributed by atoms with van der Waals surface area (Å²) in [7, 11) is 1.54. The van der Waals surface area contributed by atoms with Gasteiger partial charge in [0.25, 0.3) is 0 Å². The first-order chi connectivity index (χ1) is 8.50. The number of methoxy groups -OCH3 is 1. The van der Waals surface area contributed by atoms with E-state index in [4.69, 9.17) is 4.74 Å². The summed E-state index contributed by atoms with van der Waals surface area (Å²) >= 11 is 0. The third-order valence-electron chi connectivity index (χ3n) is 3.56. The molecule has 0 spiro atoms. The van der Waals surface area contributed by atoms with Crippen molar-refractivity contribution in [2.75, 3.05) is 18.6 Å². The number of anilines is 1. The molecule has 6 heteroatoms. The Morgan fingerprint density at radius 2 is 2.28 bits per heavy atom. The molecule has 1 aromatic rings. The van der Waals surface area contributed by atoms with Gasteiger partial charge in [-0.2, -0.15) is 0 Å². The third kappa shape index (κ3) is 1.77. The molecule has 0 radical (unpaired) electrons. The minimum Gasteiger partial charge on any atom is -0.481 e. The predicted octanol–water partition coefficient (Wildman–Crippen LogP) is 1.24. The van der Waals surface area contributed by atoms with Crippen LogP contribution in [-0.4, -0.2) is 40.2 Å². The van der Waals surface area contributed by atoms with Gasteiger partial charge in [-0.1, -0.05) is 0 Å². The Labute approximate surface area is 106 Å². The molecule has 1 atom stereocenters. The molecule has 0 bridgehead atoms. The fourth-order valence-corrected chi connectivity index (χ4v) is 2.43. The molecule has 1 unspecified atom stereocenters. The lowest BCUT2D eigenvalue weighted by molar-refractivity contribution is -0.142. The first-order valence-corrected chi connectivity index (χ1v) is 5.87. The maximum absolute atomic E-state index is 11.5. The summed E-state index contributed by atoms with van der Waals surface area (Å²) in [6, 6.07) is 0. The van der Waals surface area contributed by atoms with Gasteiger partial charge in [-0.15, -0.1) is 0 Å². The van der Waals surface area contributed by atoms with E-state index in [1.807, 2.05) is 11.8 Å². The smallest absolute Gasteiger partial charge is 0.329 e. The number of hydrogen-bond donors (Lipinski definition) is 1. The van der Waals surface area contributed by atoms with E-state index in [0.29, 0.717) is 24.7 Å². The number of hydrogen-bond acceptors (Lipinski definition) is 5. The number of rotatable bonds is 3. The lowest BCUT2D eigenvalue weighted by Crippen LogP contribution is -2.48. The molecule has 18 heavy (non-hydrogen) atoms. The molecule has 2 rings (SSSR count). The molecule has 6 nitrogen and oxygen atoms in total. The van der Waals surface area contributed by atoms with Gasteiger partial charge in [-0.25, -0.2) is 14.8 Å². The Kier molecular flexibility index (Phi) is 3.11. The number of aromatic nitrogens is 2. The molecule has 1 fully saturated rings. The van der Waals surface area contributed by atoms with Crippen LogP contribution in [0.5, 0.6) is 5.88 Å². The largest absolute Gasteiger partial charge is 0.481 e. The molecular formula is C12H17N3O3. The Bertz CT molecular complexity index is 478. The minimum atomic E-state index is -0.899. The topological polar surface area (TPSA) is 75.6 Å². The summed E-state index contributed by atoms with van der Waals surface area (Å²) in [6.45, 7) is 4.26. The second kappa shape index (κ2) is 4.44. The summed E-state index contributed by atoms with van der Waals surface area (Å²) in [4.78, 5) is 21.5. The molecule has 1 aliphatic heterocycles. The molecule has 0 aliphatic carbocycles. The highest BCUT2D eigenvalue weighted by molar-refractivity contribution is 5.84. The second-order valence-electron chi connectivity index (χ2n) is 4.67. The first-order valence-electron chi connectivity index (χ1n) is 5.87. The van der Waals surface area contributed by atoms with Crippen molar-refractivity contribution in [2.45, 2.75) is 32.2 Å². The van der Waals surface area contributed by atoms with Crippen LogP contribution in [0.25, 0.3) is 0 Å². The Morgan fingerprint density at radius 3 is 2.89 bits per heavy atom. The molecule has 1 aromatic heterocycles. The van der Waals surface area contributed by atoms with Gasteiger partial charge in [-0.05, 0) is 26.7 Å². The van der Waals surface area contributed by atoms with Crippen molar-refractivity contribution < 1.29 is 14.6 Å². The van der Waals surface area contributed by atoms with Crippen molar-refractivity contribution in [1.29, 1.82) is 0 Å². The van der Waals surface area contributed by atoms with Gasteiger partial charge in [0, 0.05) is 6.54 Å². The van der Waals surface area contributed by atoms with E-state index in [1.54, 1.807) is 14.0 Å². The van der Waals surface area contributed by atoms with E-state index in [9.17, 15) is 9.90 Å². The first kappa shape index (κ1) is 12.6.